The van der Waals surface area contributed by atoms with E-state index in [4.69, 9.17) is 28.4 Å². The highest BCUT2D eigenvalue weighted by Gasteiger charge is 2.38. The third kappa shape index (κ3) is 13.4. The normalized spacial score (nSPS) is 27.6. The molecule has 2 aliphatic heterocycles. The van der Waals surface area contributed by atoms with E-state index < -0.39 is 35.0 Å². The first-order valence-electron chi connectivity index (χ1n) is 12.3. The lowest BCUT2D eigenvalue weighted by molar-refractivity contribution is -0.292. The lowest BCUT2D eigenvalue weighted by Gasteiger charge is -2.38. The van der Waals surface area contributed by atoms with E-state index in [1.807, 2.05) is 41.5 Å². The Kier molecular flexibility index (Phi) is 11.2. The summed E-state index contributed by atoms with van der Waals surface area (Å²) in [5, 5.41) is 0. The highest BCUT2D eigenvalue weighted by molar-refractivity contribution is 5.71. The Morgan fingerprint density at radius 2 is 1.00 bits per heavy atom. The molecule has 208 valence electrons. The second-order valence-corrected chi connectivity index (χ2v) is 11.9. The van der Waals surface area contributed by atoms with Gasteiger partial charge in [-0.3, -0.25) is 9.59 Å². The molecule has 2 heterocycles. The molecule has 0 aromatic heterocycles. The van der Waals surface area contributed by atoms with Crippen molar-refractivity contribution in [2.24, 2.45) is 0 Å². The Morgan fingerprint density at radius 1 is 0.694 bits per heavy atom. The quantitative estimate of drug-likeness (QED) is 0.382. The van der Waals surface area contributed by atoms with E-state index in [0.717, 1.165) is 12.6 Å². The molecule has 0 bridgehead atoms. The van der Waals surface area contributed by atoms with Gasteiger partial charge in [0.05, 0.1) is 25.0 Å². The van der Waals surface area contributed by atoms with Gasteiger partial charge in [-0.25, -0.2) is 0 Å². The monoisotopic (exact) mass is 516 g/mol. The molecule has 0 spiro atoms. The average molecular weight is 517 g/mol. The van der Waals surface area contributed by atoms with Crippen LogP contribution >= 0.6 is 0 Å². The van der Waals surface area contributed by atoms with Gasteiger partial charge in [0, 0.05) is 12.8 Å². The van der Waals surface area contributed by atoms with E-state index >= 15 is 0 Å². The van der Waals surface area contributed by atoms with Gasteiger partial charge in [-0.2, -0.15) is 0 Å². The van der Waals surface area contributed by atoms with Crippen molar-refractivity contribution < 1.29 is 47.6 Å². The fourth-order valence-corrected chi connectivity index (χ4v) is 3.85. The van der Waals surface area contributed by atoms with E-state index in [9.17, 15) is 19.2 Å². The van der Waals surface area contributed by atoms with Gasteiger partial charge in [0.2, 0.25) is 0 Å². The van der Waals surface area contributed by atoms with E-state index in [0.29, 0.717) is 12.8 Å². The van der Waals surface area contributed by atoms with Crippen molar-refractivity contribution in [2.45, 2.75) is 142 Å². The van der Waals surface area contributed by atoms with Crippen molar-refractivity contribution in [3.63, 3.8) is 0 Å². The van der Waals surface area contributed by atoms with E-state index in [2.05, 4.69) is 0 Å². The third-order valence-corrected chi connectivity index (χ3v) is 4.69. The zero-order valence-electron chi connectivity index (χ0n) is 23.4. The Hall–Kier alpha value is -1.88. The van der Waals surface area contributed by atoms with Crippen LogP contribution in [0.4, 0.5) is 0 Å². The van der Waals surface area contributed by atoms with E-state index in [-0.39, 0.29) is 37.0 Å². The van der Waals surface area contributed by atoms with E-state index in [1.54, 1.807) is 27.7 Å². The Labute approximate surface area is 214 Å². The van der Waals surface area contributed by atoms with Crippen molar-refractivity contribution in [3.05, 3.63) is 0 Å². The summed E-state index contributed by atoms with van der Waals surface area (Å²) in [7, 11) is 0. The van der Waals surface area contributed by atoms with Crippen LogP contribution in [-0.4, -0.2) is 71.7 Å². The molecule has 0 N–H and O–H groups in total. The lowest BCUT2D eigenvalue weighted by Crippen LogP contribution is -2.46. The predicted octanol–water partition coefficient (Wildman–Crippen LogP) is 3.65. The highest BCUT2D eigenvalue weighted by atomic mass is 16.7. The highest BCUT2D eigenvalue weighted by Crippen LogP contribution is 2.29. The summed E-state index contributed by atoms with van der Waals surface area (Å²) in [6.45, 7) is 17.8. The van der Waals surface area contributed by atoms with Crippen LogP contribution in [0, 0.1) is 0 Å². The minimum atomic E-state index is -0.851. The summed E-state index contributed by atoms with van der Waals surface area (Å²) in [6.07, 6.45) is 0.764. The van der Waals surface area contributed by atoms with E-state index in [1.165, 1.54) is 0 Å². The molecule has 4 atom stereocenters. The molecular formula is C26H44O10. The molecule has 10 heteroatoms. The van der Waals surface area contributed by atoms with Gasteiger partial charge in [0.25, 0.3) is 0 Å². The molecule has 0 unspecified atom stereocenters. The van der Waals surface area contributed by atoms with Crippen LogP contribution < -0.4 is 0 Å². The molecule has 0 aromatic carbocycles. The number of ether oxygens (including phenoxy) is 6. The average Bonchev–Trinajstić information content (AvgIpc) is 2.62. The summed E-state index contributed by atoms with van der Waals surface area (Å²) < 4.78 is 32.5. The van der Waals surface area contributed by atoms with Crippen LogP contribution in [0.2, 0.25) is 0 Å². The fraction of sp³-hybridized carbons (Fsp3) is 0.846. The first-order valence-corrected chi connectivity index (χ1v) is 12.3. The first-order chi connectivity index (χ1) is 16.2. The Morgan fingerprint density at radius 3 is 1.25 bits per heavy atom. The zero-order valence-corrected chi connectivity index (χ0v) is 23.4. The standard InChI is InChI=1S/2C13H22O5/c2*1-12(2,3)18-11(15)7-9-6-10(8-14)17-13(4,5)16-9/h2*8-10H,6-7H2,1-5H3/t2*9-,10+/m11/s1. The number of carbonyl (C=O) groups excluding carboxylic acids is 4. The molecule has 2 aliphatic rings. The molecular weight excluding hydrogens is 472 g/mol. The van der Waals surface area contributed by atoms with Crippen LogP contribution in [0.25, 0.3) is 0 Å². The van der Waals surface area contributed by atoms with Gasteiger partial charge in [-0.1, -0.05) is 0 Å². The molecule has 10 nitrogen and oxygen atoms in total. The van der Waals surface area contributed by atoms with Crippen LogP contribution in [0.15, 0.2) is 0 Å². The van der Waals surface area contributed by atoms with Gasteiger partial charge >= 0.3 is 11.9 Å². The van der Waals surface area contributed by atoms with Crippen molar-refractivity contribution >= 4 is 24.5 Å². The van der Waals surface area contributed by atoms with Crippen molar-refractivity contribution in [1.82, 2.24) is 0 Å². The largest absolute Gasteiger partial charge is 0.460 e. The Balaban J connectivity index is 0.000000360. The van der Waals surface area contributed by atoms with Crippen LogP contribution in [0.1, 0.15) is 94.9 Å². The fourth-order valence-electron chi connectivity index (χ4n) is 3.85. The van der Waals surface area contributed by atoms with Crippen LogP contribution in [0.5, 0.6) is 0 Å². The maximum Gasteiger partial charge on any atom is 0.308 e. The molecule has 36 heavy (non-hydrogen) atoms. The van der Waals surface area contributed by atoms with Crippen molar-refractivity contribution in [3.8, 4) is 0 Å². The summed E-state index contributed by atoms with van der Waals surface area (Å²) in [4.78, 5) is 45.0. The summed E-state index contributed by atoms with van der Waals surface area (Å²) in [6, 6.07) is 0. The minimum Gasteiger partial charge on any atom is -0.460 e. The SMILES string of the molecule is CC(C)(C)OC(=O)C[C@H]1C[C@@H](C=O)OC(C)(C)O1.CC(C)(C)OC(=O)C[C@H]1C[C@@H](C=O)OC(C)(C)O1. The topological polar surface area (TPSA) is 124 Å². The molecule has 2 fully saturated rings. The molecule has 0 saturated carbocycles. The lowest BCUT2D eigenvalue weighted by atomic mass is 10.1. The molecule has 2 rings (SSSR count). The van der Waals surface area contributed by atoms with Gasteiger partial charge in [0.15, 0.2) is 11.6 Å². The minimum absolute atomic E-state index is 0.133. The summed E-state index contributed by atoms with van der Waals surface area (Å²) in [5.41, 5.74) is -1.02. The van der Waals surface area contributed by atoms with Crippen LogP contribution in [-0.2, 0) is 47.6 Å². The number of carbonyl (C=O) groups is 4. The molecule has 0 aromatic rings. The van der Waals surface area contributed by atoms with Crippen LogP contribution in [0.3, 0.4) is 0 Å². The molecule has 2 saturated heterocycles. The number of rotatable bonds is 6. The van der Waals surface area contributed by atoms with Gasteiger partial charge in [-0.05, 0) is 69.2 Å². The first kappa shape index (κ1) is 32.1. The second-order valence-electron chi connectivity index (χ2n) is 11.9. The smallest absolute Gasteiger partial charge is 0.308 e. The maximum absolute atomic E-state index is 11.7. The number of esters is 2. The maximum atomic E-state index is 11.7. The summed E-state index contributed by atoms with van der Waals surface area (Å²) in [5.74, 6) is -2.35. The van der Waals surface area contributed by atoms with Crippen molar-refractivity contribution in [1.29, 1.82) is 0 Å². The third-order valence-electron chi connectivity index (χ3n) is 4.69. The predicted molar refractivity (Wildman–Crippen MR) is 130 cm³/mol. The number of aldehydes is 2. The Bertz CT molecular complexity index is 696. The molecule has 0 aliphatic carbocycles. The second kappa shape index (κ2) is 12.6. The van der Waals surface area contributed by atoms with Gasteiger partial charge in [0.1, 0.15) is 36.0 Å². The number of hydrogen-bond donors (Lipinski definition) is 0. The molecule has 0 radical (unpaired) electrons. The van der Waals surface area contributed by atoms with Gasteiger partial charge < -0.3 is 38.0 Å². The number of hydrogen-bond acceptors (Lipinski definition) is 10. The zero-order chi connectivity index (χ0) is 27.9. The summed E-state index contributed by atoms with van der Waals surface area (Å²) >= 11 is 0. The van der Waals surface area contributed by atoms with Gasteiger partial charge in [-0.15, -0.1) is 0 Å². The van der Waals surface area contributed by atoms with Crippen molar-refractivity contribution in [2.75, 3.05) is 0 Å². The molecule has 0 amide bonds.